The molecule has 0 heterocycles. The average Bonchev–Trinajstić information content (AvgIpc) is 2.20. The molecule has 0 fully saturated rings. The third-order valence-electron chi connectivity index (χ3n) is 1.88. The number of aliphatic carboxylic acids is 1. The van der Waals surface area contributed by atoms with Crippen molar-refractivity contribution in [2.45, 2.75) is 10.9 Å². The maximum atomic E-state index is 10.7. The standard InChI is InChI=1S/C10H11BrO3/c1-14-9(8(11)10(12)13)7-5-3-2-4-6-7/h2-6,8-9H,1H3,(H,12,13). The molecule has 0 aliphatic rings. The predicted octanol–water partition coefficient (Wildman–Crippen LogP) is 2.22. The van der Waals surface area contributed by atoms with Crippen LogP contribution in [-0.2, 0) is 9.53 Å². The molecule has 2 unspecified atom stereocenters. The van der Waals surface area contributed by atoms with Gasteiger partial charge in [0.05, 0.1) is 0 Å². The van der Waals surface area contributed by atoms with Crippen LogP contribution in [-0.4, -0.2) is 23.0 Å². The molecule has 1 aromatic carbocycles. The van der Waals surface area contributed by atoms with Crippen molar-refractivity contribution >= 4 is 21.9 Å². The van der Waals surface area contributed by atoms with Crippen molar-refractivity contribution in [2.24, 2.45) is 0 Å². The van der Waals surface area contributed by atoms with Gasteiger partial charge < -0.3 is 9.84 Å². The van der Waals surface area contributed by atoms with Crippen molar-refractivity contribution in [1.82, 2.24) is 0 Å². The van der Waals surface area contributed by atoms with Gasteiger partial charge in [0.2, 0.25) is 0 Å². The first-order chi connectivity index (χ1) is 6.66. The molecule has 0 spiro atoms. The Hall–Kier alpha value is -0.870. The summed E-state index contributed by atoms with van der Waals surface area (Å²) in [7, 11) is 1.49. The van der Waals surface area contributed by atoms with Crippen LogP contribution in [0.15, 0.2) is 30.3 Å². The molecule has 1 rings (SSSR count). The van der Waals surface area contributed by atoms with Crippen LogP contribution in [0.1, 0.15) is 11.7 Å². The minimum atomic E-state index is -0.930. The smallest absolute Gasteiger partial charge is 0.320 e. The van der Waals surface area contributed by atoms with Gasteiger partial charge in [0.15, 0.2) is 0 Å². The van der Waals surface area contributed by atoms with Gasteiger partial charge >= 0.3 is 5.97 Å². The molecule has 1 N–H and O–H groups in total. The highest BCUT2D eigenvalue weighted by Crippen LogP contribution is 2.25. The first kappa shape index (κ1) is 11.2. The number of alkyl halides is 1. The highest BCUT2D eigenvalue weighted by molar-refractivity contribution is 9.10. The summed E-state index contributed by atoms with van der Waals surface area (Å²) in [6, 6.07) is 9.25. The highest BCUT2D eigenvalue weighted by atomic mass is 79.9. The minimum absolute atomic E-state index is 0.464. The molecule has 0 radical (unpaired) electrons. The Kier molecular flexibility index (Phi) is 4.10. The Balaban J connectivity index is 2.87. The van der Waals surface area contributed by atoms with E-state index in [1.165, 1.54) is 7.11 Å². The van der Waals surface area contributed by atoms with E-state index in [9.17, 15) is 4.79 Å². The van der Waals surface area contributed by atoms with E-state index in [0.717, 1.165) is 5.56 Å². The van der Waals surface area contributed by atoms with Crippen LogP contribution in [0.2, 0.25) is 0 Å². The van der Waals surface area contributed by atoms with Gasteiger partial charge in [0.25, 0.3) is 0 Å². The fourth-order valence-corrected chi connectivity index (χ4v) is 1.72. The maximum absolute atomic E-state index is 10.7. The van der Waals surface area contributed by atoms with Crippen molar-refractivity contribution in [3.05, 3.63) is 35.9 Å². The molecule has 4 heteroatoms. The summed E-state index contributed by atoms with van der Waals surface area (Å²) >= 11 is 3.08. The van der Waals surface area contributed by atoms with Crippen LogP contribution in [0.3, 0.4) is 0 Å². The van der Waals surface area contributed by atoms with Crippen LogP contribution in [0.25, 0.3) is 0 Å². The average molecular weight is 259 g/mol. The summed E-state index contributed by atoms with van der Waals surface area (Å²) in [6.07, 6.45) is -0.464. The van der Waals surface area contributed by atoms with Crippen LogP contribution in [0, 0.1) is 0 Å². The molecule has 2 atom stereocenters. The summed E-state index contributed by atoms with van der Waals surface area (Å²) in [4.78, 5) is 10.0. The number of methoxy groups -OCH3 is 1. The van der Waals surface area contributed by atoms with Gasteiger partial charge in [0, 0.05) is 7.11 Å². The molecule has 76 valence electrons. The van der Waals surface area contributed by atoms with Gasteiger partial charge in [-0.05, 0) is 5.56 Å². The van der Waals surface area contributed by atoms with E-state index in [2.05, 4.69) is 15.9 Å². The topological polar surface area (TPSA) is 46.5 Å². The molecule has 0 saturated heterocycles. The second-order valence-corrected chi connectivity index (χ2v) is 3.79. The van der Waals surface area contributed by atoms with E-state index in [0.29, 0.717) is 0 Å². The Morgan fingerprint density at radius 2 is 2.00 bits per heavy atom. The number of hydrogen-bond donors (Lipinski definition) is 1. The van der Waals surface area contributed by atoms with Gasteiger partial charge in [-0.2, -0.15) is 0 Å². The Bertz CT molecular complexity index is 299. The molecule has 0 aliphatic carbocycles. The molecule has 3 nitrogen and oxygen atoms in total. The lowest BCUT2D eigenvalue weighted by Gasteiger charge is -2.18. The van der Waals surface area contributed by atoms with Gasteiger partial charge in [-0.3, -0.25) is 4.79 Å². The van der Waals surface area contributed by atoms with Crippen LogP contribution < -0.4 is 0 Å². The number of carbonyl (C=O) groups is 1. The molecule has 0 amide bonds. The molecule has 0 aromatic heterocycles. The van der Waals surface area contributed by atoms with E-state index >= 15 is 0 Å². The summed E-state index contributed by atoms with van der Waals surface area (Å²) in [5.41, 5.74) is 0.847. The zero-order valence-electron chi connectivity index (χ0n) is 7.68. The maximum Gasteiger partial charge on any atom is 0.320 e. The molecule has 1 aromatic rings. The second kappa shape index (κ2) is 5.12. The van der Waals surface area contributed by atoms with Crippen molar-refractivity contribution in [1.29, 1.82) is 0 Å². The van der Waals surface area contributed by atoms with Gasteiger partial charge in [-0.25, -0.2) is 0 Å². The van der Waals surface area contributed by atoms with Crippen LogP contribution >= 0.6 is 15.9 Å². The normalized spacial score (nSPS) is 14.7. The zero-order chi connectivity index (χ0) is 10.6. The van der Waals surface area contributed by atoms with E-state index in [-0.39, 0.29) is 0 Å². The van der Waals surface area contributed by atoms with Crippen molar-refractivity contribution in [2.75, 3.05) is 7.11 Å². The predicted molar refractivity (Wildman–Crippen MR) is 56.5 cm³/mol. The minimum Gasteiger partial charge on any atom is -0.480 e. The number of hydrogen-bond acceptors (Lipinski definition) is 2. The number of halogens is 1. The van der Waals surface area contributed by atoms with E-state index in [1.54, 1.807) is 0 Å². The van der Waals surface area contributed by atoms with E-state index < -0.39 is 16.9 Å². The summed E-state index contributed by atoms with van der Waals surface area (Å²) in [6.45, 7) is 0. The van der Waals surface area contributed by atoms with Crippen molar-refractivity contribution in [3.8, 4) is 0 Å². The van der Waals surface area contributed by atoms with E-state index in [1.807, 2.05) is 30.3 Å². The van der Waals surface area contributed by atoms with Crippen LogP contribution in [0.5, 0.6) is 0 Å². The fraction of sp³-hybridized carbons (Fsp3) is 0.300. The lowest BCUT2D eigenvalue weighted by molar-refractivity contribution is -0.138. The fourth-order valence-electron chi connectivity index (χ4n) is 1.20. The molecular weight excluding hydrogens is 248 g/mol. The lowest BCUT2D eigenvalue weighted by Crippen LogP contribution is -2.23. The summed E-state index contributed by atoms with van der Waals surface area (Å²) in [5.74, 6) is -0.930. The monoisotopic (exact) mass is 258 g/mol. The first-order valence-corrected chi connectivity index (χ1v) is 5.03. The summed E-state index contributed by atoms with van der Waals surface area (Å²) < 4.78 is 5.13. The molecule has 0 aliphatic heterocycles. The van der Waals surface area contributed by atoms with E-state index in [4.69, 9.17) is 9.84 Å². The Morgan fingerprint density at radius 1 is 1.43 bits per heavy atom. The summed E-state index contributed by atoms with van der Waals surface area (Å²) in [5, 5.41) is 8.82. The van der Waals surface area contributed by atoms with Gasteiger partial charge in [-0.1, -0.05) is 46.3 Å². The third kappa shape index (κ3) is 2.56. The largest absolute Gasteiger partial charge is 0.480 e. The third-order valence-corrected chi connectivity index (χ3v) is 2.76. The quantitative estimate of drug-likeness (QED) is 0.843. The molecular formula is C10H11BrO3. The zero-order valence-corrected chi connectivity index (χ0v) is 9.27. The molecule has 0 bridgehead atoms. The highest BCUT2D eigenvalue weighted by Gasteiger charge is 2.26. The SMILES string of the molecule is COC(c1ccccc1)C(Br)C(=O)O. The Labute approximate surface area is 90.8 Å². The number of ether oxygens (including phenoxy) is 1. The number of benzene rings is 1. The lowest BCUT2D eigenvalue weighted by atomic mass is 10.1. The number of rotatable bonds is 4. The van der Waals surface area contributed by atoms with Crippen molar-refractivity contribution < 1.29 is 14.6 Å². The van der Waals surface area contributed by atoms with Gasteiger partial charge in [0.1, 0.15) is 10.9 Å². The van der Waals surface area contributed by atoms with Gasteiger partial charge in [-0.15, -0.1) is 0 Å². The molecule has 0 saturated carbocycles. The number of carboxylic acid groups (broad SMARTS) is 1. The number of carboxylic acids is 1. The molecule has 14 heavy (non-hydrogen) atoms. The Morgan fingerprint density at radius 3 is 2.43 bits per heavy atom. The first-order valence-electron chi connectivity index (χ1n) is 4.11. The second-order valence-electron chi connectivity index (χ2n) is 2.81. The van der Waals surface area contributed by atoms with Crippen molar-refractivity contribution in [3.63, 3.8) is 0 Å². The van der Waals surface area contributed by atoms with Crippen LogP contribution in [0.4, 0.5) is 0 Å².